The van der Waals surface area contributed by atoms with Crippen LogP contribution in [-0.4, -0.2) is 17.9 Å². The van der Waals surface area contributed by atoms with Gasteiger partial charge in [-0.2, -0.15) is 5.26 Å². The highest BCUT2D eigenvalue weighted by molar-refractivity contribution is 6.42. The Kier molecular flexibility index (Phi) is 8.09. The maximum absolute atomic E-state index is 12.6. The number of ether oxygens (including phenoxy) is 2. The molecule has 10 heteroatoms. The number of hydrogen-bond acceptors (Lipinski definition) is 6. The van der Waals surface area contributed by atoms with Crippen LogP contribution in [0.15, 0.2) is 66.2 Å². The SMILES string of the molecule is COc1ccc(/C=C(\C#N)C(=O)Nc2ccc(Cl)c(Cl)c2)c(OCc2ccc([N+](=O)[O-])cc2)c1. The van der Waals surface area contributed by atoms with Crippen LogP contribution in [0.4, 0.5) is 11.4 Å². The number of nitrogens with one attached hydrogen (secondary N) is 1. The van der Waals surface area contributed by atoms with Gasteiger partial charge in [0.15, 0.2) is 0 Å². The second kappa shape index (κ2) is 11.2. The van der Waals surface area contributed by atoms with Gasteiger partial charge >= 0.3 is 0 Å². The third-order valence-corrected chi connectivity index (χ3v) is 5.34. The van der Waals surface area contributed by atoms with Crippen molar-refractivity contribution in [2.45, 2.75) is 6.61 Å². The summed E-state index contributed by atoms with van der Waals surface area (Å²) in [5.74, 6) is 0.223. The van der Waals surface area contributed by atoms with E-state index in [9.17, 15) is 20.2 Å². The molecule has 0 atom stereocenters. The van der Waals surface area contributed by atoms with Crippen molar-refractivity contribution in [3.8, 4) is 17.6 Å². The average Bonchev–Trinajstić information content (AvgIpc) is 2.84. The number of benzene rings is 3. The van der Waals surface area contributed by atoms with E-state index in [-0.39, 0.29) is 22.9 Å². The Bertz CT molecular complexity index is 1300. The minimum Gasteiger partial charge on any atom is -0.497 e. The zero-order valence-electron chi connectivity index (χ0n) is 17.7. The van der Waals surface area contributed by atoms with Gasteiger partial charge in [-0.05, 0) is 54.1 Å². The largest absolute Gasteiger partial charge is 0.497 e. The molecular weight excluding hydrogens is 481 g/mol. The van der Waals surface area contributed by atoms with Gasteiger partial charge in [-0.1, -0.05) is 23.2 Å². The van der Waals surface area contributed by atoms with Crippen LogP contribution < -0.4 is 14.8 Å². The molecule has 0 aromatic heterocycles. The van der Waals surface area contributed by atoms with Crippen LogP contribution in [0.1, 0.15) is 11.1 Å². The van der Waals surface area contributed by atoms with Gasteiger partial charge in [0.25, 0.3) is 11.6 Å². The molecule has 1 amide bonds. The first-order chi connectivity index (χ1) is 16.3. The molecule has 0 aliphatic carbocycles. The zero-order chi connectivity index (χ0) is 24.7. The van der Waals surface area contributed by atoms with E-state index >= 15 is 0 Å². The molecule has 0 unspecified atom stereocenters. The van der Waals surface area contributed by atoms with Crippen molar-refractivity contribution in [3.63, 3.8) is 0 Å². The maximum Gasteiger partial charge on any atom is 0.269 e. The lowest BCUT2D eigenvalue weighted by molar-refractivity contribution is -0.384. The van der Waals surface area contributed by atoms with Gasteiger partial charge in [-0.3, -0.25) is 14.9 Å². The minimum atomic E-state index is -0.641. The van der Waals surface area contributed by atoms with Crippen LogP contribution in [-0.2, 0) is 11.4 Å². The predicted molar refractivity (Wildman–Crippen MR) is 129 cm³/mol. The number of non-ortho nitro benzene ring substituents is 1. The molecule has 0 aliphatic heterocycles. The Balaban J connectivity index is 1.83. The lowest BCUT2D eigenvalue weighted by Crippen LogP contribution is -2.13. The molecule has 8 nitrogen and oxygen atoms in total. The smallest absolute Gasteiger partial charge is 0.269 e. The summed E-state index contributed by atoms with van der Waals surface area (Å²) in [6.45, 7) is 0.101. The van der Waals surface area contributed by atoms with Gasteiger partial charge in [-0.25, -0.2) is 0 Å². The molecule has 34 heavy (non-hydrogen) atoms. The number of halogens is 2. The molecule has 1 N–H and O–H groups in total. The second-order valence-electron chi connectivity index (χ2n) is 6.87. The van der Waals surface area contributed by atoms with Gasteiger partial charge in [0.1, 0.15) is 29.7 Å². The second-order valence-corrected chi connectivity index (χ2v) is 7.68. The fraction of sp³-hybridized carbons (Fsp3) is 0.0833. The topological polar surface area (TPSA) is 114 Å². The van der Waals surface area contributed by atoms with Crippen molar-refractivity contribution in [1.82, 2.24) is 0 Å². The maximum atomic E-state index is 12.6. The van der Waals surface area contributed by atoms with Gasteiger partial charge in [0, 0.05) is 29.4 Å². The number of anilines is 1. The Morgan fingerprint density at radius 3 is 2.47 bits per heavy atom. The van der Waals surface area contributed by atoms with Crippen molar-refractivity contribution >= 4 is 46.6 Å². The highest BCUT2D eigenvalue weighted by Crippen LogP contribution is 2.29. The summed E-state index contributed by atoms with van der Waals surface area (Å²) in [6, 6.07) is 17.3. The lowest BCUT2D eigenvalue weighted by Gasteiger charge is -2.12. The van der Waals surface area contributed by atoms with Gasteiger partial charge in [0.2, 0.25) is 0 Å². The van der Waals surface area contributed by atoms with Crippen molar-refractivity contribution in [2.75, 3.05) is 12.4 Å². The number of methoxy groups -OCH3 is 1. The van der Waals surface area contributed by atoms with Crippen molar-refractivity contribution < 1.29 is 19.2 Å². The first-order valence-electron chi connectivity index (χ1n) is 9.73. The van der Waals surface area contributed by atoms with Gasteiger partial charge in [-0.15, -0.1) is 0 Å². The number of hydrogen-bond donors (Lipinski definition) is 1. The molecule has 0 fully saturated rings. The first-order valence-corrected chi connectivity index (χ1v) is 10.5. The third kappa shape index (κ3) is 6.25. The van der Waals surface area contributed by atoms with E-state index in [1.165, 1.54) is 37.5 Å². The van der Waals surface area contributed by atoms with Crippen LogP contribution in [0.3, 0.4) is 0 Å². The quantitative estimate of drug-likeness (QED) is 0.175. The molecule has 172 valence electrons. The predicted octanol–water partition coefficient (Wildman–Crippen LogP) is 6.03. The summed E-state index contributed by atoms with van der Waals surface area (Å²) < 4.78 is 11.1. The van der Waals surface area contributed by atoms with E-state index in [0.717, 1.165) is 0 Å². The van der Waals surface area contributed by atoms with E-state index in [4.69, 9.17) is 32.7 Å². The summed E-state index contributed by atoms with van der Waals surface area (Å²) >= 11 is 11.9. The van der Waals surface area contributed by atoms with Crippen LogP contribution in [0.25, 0.3) is 6.08 Å². The van der Waals surface area contributed by atoms with Crippen LogP contribution in [0, 0.1) is 21.4 Å². The average molecular weight is 498 g/mol. The van der Waals surface area contributed by atoms with Gasteiger partial charge < -0.3 is 14.8 Å². The summed E-state index contributed by atoms with van der Waals surface area (Å²) in [6.07, 6.45) is 1.39. The lowest BCUT2D eigenvalue weighted by atomic mass is 10.1. The molecule has 0 radical (unpaired) electrons. The Morgan fingerprint density at radius 2 is 1.85 bits per heavy atom. The molecular formula is C24H17Cl2N3O5. The number of nitriles is 1. The molecule has 0 bridgehead atoms. The van der Waals surface area contributed by atoms with Crippen molar-refractivity contribution in [2.24, 2.45) is 0 Å². The molecule has 0 saturated heterocycles. The number of carbonyl (C=O) groups excluding carboxylic acids is 1. The molecule has 3 rings (SSSR count). The van der Waals surface area contributed by atoms with E-state index < -0.39 is 10.8 Å². The van der Waals surface area contributed by atoms with Crippen LogP contribution >= 0.6 is 23.2 Å². The van der Waals surface area contributed by atoms with Gasteiger partial charge in [0.05, 0.1) is 22.1 Å². The molecule has 3 aromatic carbocycles. The number of amides is 1. The highest BCUT2D eigenvalue weighted by Gasteiger charge is 2.13. The molecule has 3 aromatic rings. The molecule has 0 spiro atoms. The van der Waals surface area contributed by atoms with Crippen molar-refractivity contribution in [3.05, 3.63) is 97.5 Å². The van der Waals surface area contributed by atoms with E-state index in [0.29, 0.717) is 33.3 Å². The Labute approximate surface area is 205 Å². The Morgan fingerprint density at radius 1 is 1.12 bits per heavy atom. The Hall–Kier alpha value is -4.06. The highest BCUT2D eigenvalue weighted by atomic mass is 35.5. The number of nitro groups is 1. The summed E-state index contributed by atoms with van der Waals surface area (Å²) in [5, 5.41) is 23.6. The van der Waals surface area contributed by atoms with E-state index in [2.05, 4.69) is 5.32 Å². The summed E-state index contributed by atoms with van der Waals surface area (Å²) in [4.78, 5) is 23.0. The summed E-state index contributed by atoms with van der Waals surface area (Å²) in [5.41, 5.74) is 1.34. The summed E-state index contributed by atoms with van der Waals surface area (Å²) in [7, 11) is 1.50. The fourth-order valence-corrected chi connectivity index (χ4v) is 3.14. The molecule has 0 heterocycles. The molecule has 0 aliphatic rings. The first kappa shape index (κ1) is 24.6. The third-order valence-electron chi connectivity index (χ3n) is 4.60. The number of rotatable bonds is 8. The zero-order valence-corrected chi connectivity index (χ0v) is 19.3. The van der Waals surface area contributed by atoms with E-state index in [1.54, 1.807) is 36.4 Å². The van der Waals surface area contributed by atoms with Crippen molar-refractivity contribution in [1.29, 1.82) is 5.26 Å². The van der Waals surface area contributed by atoms with Crippen LogP contribution in [0.2, 0.25) is 10.0 Å². The monoisotopic (exact) mass is 497 g/mol. The van der Waals surface area contributed by atoms with E-state index in [1.807, 2.05) is 6.07 Å². The normalized spacial score (nSPS) is 10.8. The number of carbonyl (C=O) groups is 1. The fourth-order valence-electron chi connectivity index (χ4n) is 2.84. The number of nitro benzene ring substituents is 1. The van der Waals surface area contributed by atoms with Crippen LogP contribution in [0.5, 0.6) is 11.5 Å². The molecule has 0 saturated carbocycles. The minimum absolute atomic E-state index is 0.0274. The number of nitrogens with zero attached hydrogens (tertiary/aromatic N) is 2. The standard InChI is InChI=1S/C24H17Cl2N3O5/c1-33-20-8-4-16(23(12-20)34-14-15-2-6-19(7-3-15)29(31)32)10-17(13-27)24(30)28-18-5-9-21(25)22(26)11-18/h2-12H,14H2,1H3,(H,28,30)/b17-10+.